The van der Waals surface area contributed by atoms with E-state index in [1.165, 1.54) is 0 Å². The van der Waals surface area contributed by atoms with Crippen molar-refractivity contribution in [2.45, 2.75) is 20.0 Å². The van der Waals surface area contributed by atoms with Gasteiger partial charge in [-0.25, -0.2) is 0 Å². The van der Waals surface area contributed by atoms with Crippen molar-refractivity contribution in [3.63, 3.8) is 0 Å². The minimum Gasteiger partial charge on any atom is -0.493 e. The Morgan fingerprint density at radius 2 is 2.08 bits per heavy atom. The third-order valence-electron chi connectivity index (χ3n) is 3.20. The van der Waals surface area contributed by atoms with E-state index < -0.39 is 0 Å². The smallest absolute Gasteiger partial charge is 0.309 e. The molecule has 0 aliphatic carbocycles. The van der Waals surface area contributed by atoms with E-state index in [1.54, 1.807) is 11.3 Å². The molecule has 24 heavy (non-hydrogen) atoms. The summed E-state index contributed by atoms with van der Waals surface area (Å²) >= 11 is 1.55. The first-order chi connectivity index (χ1) is 11.7. The van der Waals surface area contributed by atoms with Gasteiger partial charge in [0.1, 0.15) is 5.75 Å². The van der Waals surface area contributed by atoms with Gasteiger partial charge in [0, 0.05) is 10.9 Å². The number of carbonyl (C=O) groups excluding carboxylic acids is 1. The van der Waals surface area contributed by atoms with Gasteiger partial charge in [0.25, 0.3) is 5.89 Å². The largest absolute Gasteiger partial charge is 0.493 e. The lowest BCUT2D eigenvalue weighted by atomic mass is 10.2. The van der Waals surface area contributed by atoms with E-state index in [4.69, 9.17) is 14.0 Å². The Balaban J connectivity index is 1.40. The normalized spacial score (nSPS) is 10.5. The van der Waals surface area contributed by atoms with Crippen LogP contribution >= 0.6 is 11.3 Å². The molecule has 0 unspecified atom stereocenters. The van der Waals surface area contributed by atoms with Crippen LogP contribution in [0.25, 0.3) is 11.4 Å². The van der Waals surface area contributed by atoms with Gasteiger partial charge in [-0.2, -0.15) is 16.3 Å². The average molecular weight is 344 g/mol. The van der Waals surface area contributed by atoms with Crippen LogP contribution in [0.15, 0.2) is 45.6 Å². The molecule has 124 valence electrons. The zero-order valence-electron chi connectivity index (χ0n) is 13.1. The molecule has 2 heterocycles. The Morgan fingerprint density at radius 1 is 1.25 bits per heavy atom. The topological polar surface area (TPSA) is 74.5 Å². The predicted octanol–water partition coefficient (Wildman–Crippen LogP) is 3.62. The number of hydrogen-bond acceptors (Lipinski definition) is 7. The third kappa shape index (κ3) is 4.42. The monoisotopic (exact) mass is 344 g/mol. The van der Waals surface area contributed by atoms with E-state index in [9.17, 15) is 4.79 Å². The van der Waals surface area contributed by atoms with Crippen molar-refractivity contribution in [1.29, 1.82) is 0 Å². The van der Waals surface area contributed by atoms with Crippen LogP contribution in [0.3, 0.4) is 0 Å². The number of esters is 1. The standard InChI is InChI=1S/C17H16N2O4S/c1-12-2-4-14(5-3-12)21-8-6-16(20)22-10-15-18-17(19-23-15)13-7-9-24-11-13/h2-5,7,9,11H,6,8,10H2,1H3. The molecule has 6 nitrogen and oxygen atoms in total. The number of rotatable bonds is 7. The molecule has 0 atom stereocenters. The molecular formula is C17H16N2O4S. The highest BCUT2D eigenvalue weighted by Crippen LogP contribution is 2.18. The molecule has 0 aliphatic heterocycles. The summed E-state index contributed by atoms with van der Waals surface area (Å²) in [5, 5.41) is 7.70. The number of carbonyl (C=O) groups is 1. The van der Waals surface area contributed by atoms with E-state index in [0.29, 0.717) is 5.82 Å². The Labute approximate surface area is 143 Å². The summed E-state index contributed by atoms with van der Waals surface area (Å²) in [4.78, 5) is 15.9. The van der Waals surface area contributed by atoms with Crippen LogP contribution in [0, 0.1) is 6.92 Å². The van der Waals surface area contributed by atoms with E-state index in [1.807, 2.05) is 48.0 Å². The van der Waals surface area contributed by atoms with Gasteiger partial charge in [-0.15, -0.1) is 0 Å². The summed E-state index contributed by atoms with van der Waals surface area (Å²) in [7, 11) is 0. The summed E-state index contributed by atoms with van der Waals surface area (Å²) in [5.41, 5.74) is 2.04. The highest BCUT2D eigenvalue weighted by atomic mass is 32.1. The second-order valence-corrected chi connectivity index (χ2v) is 5.88. The second kappa shape index (κ2) is 7.74. The van der Waals surface area contributed by atoms with Gasteiger partial charge in [-0.05, 0) is 30.5 Å². The summed E-state index contributed by atoms with van der Waals surface area (Å²) in [5.74, 6) is 1.11. The molecule has 0 amide bonds. The fourth-order valence-electron chi connectivity index (χ4n) is 1.92. The Kier molecular flexibility index (Phi) is 5.22. The maximum absolute atomic E-state index is 11.7. The lowest BCUT2D eigenvalue weighted by molar-refractivity contribution is -0.146. The van der Waals surface area contributed by atoms with E-state index in [2.05, 4.69) is 10.1 Å². The van der Waals surface area contributed by atoms with Crippen molar-refractivity contribution in [2.24, 2.45) is 0 Å². The van der Waals surface area contributed by atoms with Crippen LogP contribution in [0.4, 0.5) is 0 Å². The predicted molar refractivity (Wildman–Crippen MR) is 88.7 cm³/mol. The summed E-state index contributed by atoms with van der Waals surface area (Å²) in [6, 6.07) is 9.53. The maximum Gasteiger partial charge on any atom is 0.309 e. The number of hydrogen-bond donors (Lipinski definition) is 0. The number of nitrogens with zero attached hydrogens (tertiary/aromatic N) is 2. The first-order valence-electron chi connectivity index (χ1n) is 7.41. The molecule has 0 spiro atoms. The van der Waals surface area contributed by atoms with E-state index in [-0.39, 0.29) is 31.5 Å². The summed E-state index contributed by atoms with van der Waals surface area (Å²) < 4.78 is 15.6. The van der Waals surface area contributed by atoms with Crippen molar-refractivity contribution in [2.75, 3.05) is 6.61 Å². The molecule has 0 fully saturated rings. The van der Waals surface area contributed by atoms with Crippen LogP contribution in [-0.4, -0.2) is 22.7 Å². The quantitative estimate of drug-likeness (QED) is 0.610. The Hall–Kier alpha value is -2.67. The number of aryl methyl sites for hydroxylation is 1. The van der Waals surface area contributed by atoms with Gasteiger partial charge in [0.05, 0.1) is 13.0 Å². The highest BCUT2D eigenvalue weighted by Gasteiger charge is 2.11. The van der Waals surface area contributed by atoms with Gasteiger partial charge in [0.2, 0.25) is 5.82 Å². The minimum absolute atomic E-state index is 0.0412. The zero-order valence-corrected chi connectivity index (χ0v) is 13.9. The van der Waals surface area contributed by atoms with Crippen molar-refractivity contribution in [3.8, 4) is 17.1 Å². The van der Waals surface area contributed by atoms with Crippen LogP contribution in [0.2, 0.25) is 0 Å². The van der Waals surface area contributed by atoms with Crippen molar-refractivity contribution in [3.05, 3.63) is 52.5 Å². The molecular weight excluding hydrogens is 328 g/mol. The Bertz CT molecular complexity index is 781. The number of ether oxygens (including phenoxy) is 2. The molecule has 3 rings (SSSR count). The maximum atomic E-state index is 11.7. The lowest BCUT2D eigenvalue weighted by Gasteiger charge is -2.06. The molecule has 3 aromatic rings. The first kappa shape index (κ1) is 16.2. The minimum atomic E-state index is -0.377. The molecule has 0 aliphatic rings. The first-order valence-corrected chi connectivity index (χ1v) is 8.35. The van der Waals surface area contributed by atoms with Crippen LogP contribution in [0.1, 0.15) is 17.9 Å². The van der Waals surface area contributed by atoms with Crippen molar-refractivity contribution >= 4 is 17.3 Å². The second-order valence-electron chi connectivity index (χ2n) is 5.10. The average Bonchev–Trinajstić information content (AvgIpc) is 3.26. The van der Waals surface area contributed by atoms with E-state index >= 15 is 0 Å². The third-order valence-corrected chi connectivity index (χ3v) is 3.88. The zero-order chi connectivity index (χ0) is 16.8. The van der Waals surface area contributed by atoms with Gasteiger partial charge >= 0.3 is 5.97 Å². The molecule has 2 aromatic heterocycles. The highest BCUT2D eigenvalue weighted by molar-refractivity contribution is 7.08. The molecule has 7 heteroatoms. The molecule has 0 N–H and O–H groups in total. The number of thiophene rings is 1. The summed E-state index contributed by atoms with van der Waals surface area (Å²) in [6.45, 7) is 2.22. The van der Waals surface area contributed by atoms with Gasteiger partial charge in [-0.1, -0.05) is 22.9 Å². The Morgan fingerprint density at radius 3 is 2.83 bits per heavy atom. The lowest BCUT2D eigenvalue weighted by Crippen LogP contribution is -2.10. The van der Waals surface area contributed by atoms with Crippen molar-refractivity contribution in [1.82, 2.24) is 10.1 Å². The number of benzene rings is 1. The van der Waals surface area contributed by atoms with Crippen LogP contribution in [-0.2, 0) is 16.1 Å². The van der Waals surface area contributed by atoms with Crippen molar-refractivity contribution < 1.29 is 18.8 Å². The molecule has 0 saturated carbocycles. The number of aromatic nitrogens is 2. The molecule has 0 radical (unpaired) electrons. The van der Waals surface area contributed by atoms with Crippen LogP contribution < -0.4 is 4.74 Å². The fraction of sp³-hybridized carbons (Fsp3) is 0.235. The summed E-state index contributed by atoms with van der Waals surface area (Å²) in [6.07, 6.45) is 0.152. The molecule has 0 saturated heterocycles. The SMILES string of the molecule is Cc1ccc(OCCC(=O)OCc2nc(-c3ccsc3)no2)cc1. The van der Waals surface area contributed by atoms with Gasteiger partial charge < -0.3 is 14.0 Å². The molecule has 0 bridgehead atoms. The van der Waals surface area contributed by atoms with E-state index in [0.717, 1.165) is 16.9 Å². The van der Waals surface area contributed by atoms with Crippen LogP contribution in [0.5, 0.6) is 5.75 Å². The fourth-order valence-corrected chi connectivity index (χ4v) is 2.56. The van der Waals surface area contributed by atoms with Gasteiger partial charge in [-0.3, -0.25) is 4.79 Å². The van der Waals surface area contributed by atoms with Gasteiger partial charge in [0.15, 0.2) is 6.61 Å². The molecule has 1 aromatic carbocycles.